The first-order valence-electron chi connectivity index (χ1n) is 13.4. The van der Waals surface area contributed by atoms with E-state index in [2.05, 4.69) is 45.0 Å². The third-order valence-corrected chi connectivity index (χ3v) is 6.18. The van der Waals surface area contributed by atoms with E-state index in [1.54, 1.807) is 35.2 Å². The first kappa shape index (κ1) is 29.6. The molecule has 10 nitrogen and oxygen atoms in total. The number of nitrogens with one attached hydrogen (secondary N) is 3. The molecule has 1 aromatic heterocycles. The van der Waals surface area contributed by atoms with Gasteiger partial charge in [-0.25, -0.2) is 9.59 Å². The van der Waals surface area contributed by atoms with E-state index < -0.39 is 12.1 Å². The van der Waals surface area contributed by atoms with E-state index in [1.165, 1.54) is 23.8 Å². The highest BCUT2D eigenvalue weighted by Crippen LogP contribution is 2.24. The van der Waals surface area contributed by atoms with E-state index in [4.69, 9.17) is 9.47 Å². The van der Waals surface area contributed by atoms with Gasteiger partial charge in [-0.3, -0.25) is 4.79 Å². The average Bonchev–Trinajstić information content (AvgIpc) is 3.03. The molecule has 0 aliphatic heterocycles. The minimum absolute atomic E-state index is 0.0685. The van der Waals surface area contributed by atoms with Gasteiger partial charge in [0.15, 0.2) is 12.4 Å². The van der Waals surface area contributed by atoms with Gasteiger partial charge in [-0.05, 0) is 47.0 Å². The number of hydrogen-bond donors (Lipinski definition) is 3. The van der Waals surface area contributed by atoms with Crippen LogP contribution in [-0.2, 0) is 34.0 Å². The van der Waals surface area contributed by atoms with Crippen LogP contribution in [0.2, 0.25) is 0 Å². The zero-order valence-corrected chi connectivity index (χ0v) is 23.2. The predicted octanol–water partition coefficient (Wildman–Crippen LogP) is 4.44. The molecule has 3 N–H and O–H groups in total. The van der Waals surface area contributed by atoms with E-state index in [9.17, 15) is 14.4 Å². The lowest BCUT2D eigenvalue weighted by Gasteiger charge is -2.12. The highest BCUT2D eigenvalue weighted by Gasteiger charge is 2.11. The maximum absolute atomic E-state index is 12.4. The van der Waals surface area contributed by atoms with Crippen LogP contribution in [-0.4, -0.2) is 38.4 Å². The SMILES string of the molecule is COC(=O)CNC(=O)OC[n+]1cccc(CNC(=O)Nc2ccc(OCCc3ccccc3-c3ccccc3)cc2)c1. The van der Waals surface area contributed by atoms with Crippen LogP contribution in [0.5, 0.6) is 5.75 Å². The van der Waals surface area contributed by atoms with Crippen molar-refractivity contribution >= 4 is 23.8 Å². The fourth-order valence-electron chi connectivity index (χ4n) is 4.07. The number of rotatable bonds is 12. The molecule has 0 aliphatic rings. The summed E-state index contributed by atoms with van der Waals surface area (Å²) in [5.41, 5.74) is 5.02. The van der Waals surface area contributed by atoms with Gasteiger partial charge in [0, 0.05) is 23.7 Å². The number of nitrogens with zero attached hydrogens (tertiary/aromatic N) is 1. The van der Waals surface area contributed by atoms with Crippen LogP contribution < -0.4 is 25.3 Å². The van der Waals surface area contributed by atoms with Gasteiger partial charge >= 0.3 is 18.1 Å². The van der Waals surface area contributed by atoms with Crippen molar-refractivity contribution in [3.63, 3.8) is 0 Å². The molecule has 4 aromatic rings. The Labute approximate surface area is 244 Å². The number of esters is 1. The third-order valence-electron chi connectivity index (χ3n) is 6.18. The summed E-state index contributed by atoms with van der Waals surface area (Å²) < 4.78 is 17.1. The molecule has 0 radical (unpaired) electrons. The van der Waals surface area contributed by atoms with Gasteiger partial charge in [-0.15, -0.1) is 0 Å². The molecular weight excluding hydrogens is 536 g/mol. The highest BCUT2D eigenvalue weighted by molar-refractivity contribution is 5.89. The Balaban J connectivity index is 1.19. The van der Waals surface area contributed by atoms with Crippen LogP contribution in [0.25, 0.3) is 11.1 Å². The molecule has 4 rings (SSSR count). The summed E-state index contributed by atoms with van der Waals surface area (Å²) in [7, 11) is 1.23. The molecule has 0 saturated carbocycles. The highest BCUT2D eigenvalue weighted by atomic mass is 16.6. The number of urea groups is 1. The Hall–Kier alpha value is -5.38. The van der Waals surface area contributed by atoms with Crippen molar-refractivity contribution in [2.45, 2.75) is 19.7 Å². The summed E-state index contributed by atoms with van der Waals surface area (Å²) in [5.74, 6) is 0.139. The van der Waals surface area contributed by atoms with Crippen molar-refractivity contribution in [2.24, 2.45) is 0 Å². The Kier molecular flexibility index (Phi) is 10.9. The zero-order chi connectivity index (χ0) is 29.6. The second kappa shape index (κ2) is 15.4. The Bertz CT molecular complexity index is 1480. The monoisotopic (exact) mass is 569 g/mol. The van der Waals surface area contributed by atoms with E-state index in [0.29, 0.717) is 18.0 Å². The number of benzene rings is 3. The van der Waals surface area contributed by atoms with Crippen LogP contribution in [0, 0.1) is 0 Å². The second-order valence-electron chi connectivity index (χ2n) is 9.17. The zero-order valence-electron chi connectivity index (χ0n) is 23.2. The molecule has 3 aromatic carbocycles. The summed E-state index contributed by atoms with van der Waals surface area (Å²) in [6.07, 6.45) is 3.46. The number of hydrogen-bond acceptors (Lipinski definition) is 6. The predicted molar refractivity (Wildman–Crippen MR) is 157 cm³/mol. The summed E-state index contributed by atoms with van der Waals surface area (Å²) in [6.45, 7) is 0.435. The summed E-state index contributed by atoms with van der Waals surface area (Å²) in [4.78, 5) is 35.2. The molecule has 0 aliphatic carbocycles. The van der Waals surface area contributed by atoms with Gasteiger partial charge in [0.25, 0.3) is 6.73 Å². The van der Waals surface area contributed by atoms with Gasteiger partial charge in [0.1, 0.15) is 12.3 Å². The fraction of sp³-hybridized carbons (Fsp3) is 0.188. The molecule has 42 heavy (non-hydrogen) atoms. The average molecular weight is 570 g/mol. The molecule has 0 saturated heterocycles. The lowest BCUT2D eigenvalue weighted by molar-refractivity contribution is -0.727. The first-order chi connectivity index (χ1) is 20.5. The largest absolute Gasteiger partial charge is 0.493 e. The normalized spacial score (nSPS) is 10.3. The number of amides is 3. The number of ether oxygens (including phenoxy) is 3. The van der Waals surface area contributed by atoms with Gasteiger partial charge in [0.05, 0.1) is 20.3 Å². The molecule has 3 amide bonds. The van der Waals surface area contributed by atoms with Crippen LogP contribution in [0.1, 0.15) is 11.1 Å². The lowest BCUT2D eigenvalue weighted by atomic mass is 9.98. The van der Waals surface area contributed by atoms with Gasteiger partial charge in [-0.1, -0.05) is 54.6 Å². The maximum atomic E-state index is 12.4. The minimum Gasteiger partial charge on any atom is -0.493 e. The molecule has 0 atom stereocenters. The Morgan fingerprint density at radius 2 is 1.60 bits per heavy atom. The number of carbonyl (C=O) groups excluding carboxylic acids is 3. The van der Waals surface area contributed by atoms with Crippen molar-refractivity contribution in [3.8, 4) is 16.9 Å². The quantitative estimate of drug-likeness (QED) is 0.172. The number of alkyl carbamates (subject to hydrolysis) is 1. The number of methoxy groups -OCH3 is 1. The molecular formula is C32H33N4O6+. The minimum atomic E-state index is -0.749. The number of anilines is 1. The van der Waals surface area contributed by atoms with Crippen LogP contribution in [0.15, 0.2) is 103 Å². The summed E-state index contributed by atoms with van der Waals surface area (Å²) in [6, 6.07) is 29.1. The molecule has 0 spiro atoms. The van der Waals surface area contributed by atoms with E-state index >= 15 is 0 Å². The van der Waals surface area contributed by atoms with Crippen LogP contribution in [0.4, 0.5) is 15.3 Å². The van der Waals surface area contributed by atoms with Gasteiger partial charge < -0.3 is 30.2 Å². The van der Waals surface area contributed by atoms with E-state index in [-0.39, 0.29) is 25.9 Å². The van der Waals surface area contributed by atoms with Crippen molar-refractivity contribution in [2.75, 3.05) is 25.6 Å². The third kappa shape index (κ3) is 9.37. The molecule has 1 heterocycles. The smallest absolute Gasteiger partial charge is 0.412 e. The first-order valence-corrected chi connectivity index (χ1v) is 13.4. The molecule has 0 bridgehead atoms. The summed E-state index contributed by atoms with van der Waals surface area (Å²) >= 11 is 0. The lowest BCUT2D eigenvalue weighted by Crippen LogP contribution is -2.39. The van der Waals surface area contributed by atoms with Crippen LogP contribution >= 0.6 is 0 Å². The number of pyridine rings is 1. The topological polar surface area (TPSA) is 119 Å². The van der Waals surface area contributed by atoms with Crippen LogP contribution in [0.3, 0.4) is 0 Å². The van der Waals surface area contributed by atoms with Crippen molar-refractivity contribution in [3.05, 3.63) is 115 Å². The molecule has 0 unspecified atom stereocenters. The Morgan fingerprint density at radius 3 is 2.38 bits per heavy atom. The maximum Gasteiger partial charge on any atom is 0.412 e. The standard InChI is InChI=1S/C32H32N4O6/c1-40-30(37)21-34-32(39)42-23-36-18-7-8-24(22-36)20-33-31(38)35-27-13-15-28(16-14-27)41-19-17-26-11-5-6-12-29(26)25-9-3-2-4-10-25/h2-16,18,22H,17,19-21,23H2,1H3,(H2-,33,34,35,38,39)/p+1. The Morgan fingerprint density at radius 1 is 0.833 bits per heavy atom. The second-order valence-corrected chi connectivity index (χ2v) is 9.17. The van der Waals surface area contributed by atoms with Gasteiger partial charge in [-0.2, -0.15) is 4.57 Å². The van der Waals surface area contributed by atoms with Crippen molar-refractivity contribution in [1.82, 2.24) is 10.6 Å². The molecule has 216 valence electrons. The fourth-order valence-corrected chi connectivity index (χ4v) is 4.07. The van der Waals surface area contributed by atoms with Crippen molar-refractivity contribution < 1.29 is 33.2 Å². The molecule has 0 fully saturated rings. The summed E-state index contributed by atoms with van der Waals surface area (Å²) in [5, 5.41) is 7.89. The number of aromatic nitrogens is 1. The molecule has 10 heteroatoms. The number of carbonyl (C=O) groups is 3. The van der Waals surface area contributed by atoms with Crippen molar-refractivity contribution in [1.29, 1.82) is 0 Å². The van der Waals surface area contributed by atoms with E-state index in [0.717, 1.165) is 12.0 Å². The van der Waals surface area contributed by atoms with Gasteiger partial charge in [0.2, 0.25) is 0 Å². The van der Waals surface area contributed by atoms with E-state index in [1.807, 2.05) is 48.5 Å².